The van der Waals surface area contributed by atoms with E-state index in [1.54, 1.807) is 23.1 Å². The van der Waals surface area contributed by atoms with Gasteiger partial charge in [-0.05, 0) is 24.3 Å². The van der Waals surface area contributed by atoms with Gasteiger partial charge in [-0.2, -0.15) is 0 Å². The minimum atomic E-state index is 0.221. The van der Waals surface area contributed by atoms with Crippen molar-refractivity contribution in [1.29, 1.82) is 0 Å². The standard InChI is InChI=1S/C10H13ClOS2/c1-2-13-10-6-5-9(14-10)8(12)4-3-7-11/h5-6H,2-4,7H2,1H3. The molecule has 0 aliphatic carbocycles. The van der Waals surface area contributed by atoms with E-state index in [0.717, 1.165) is 17.1 Å². The van der Waals surface area contributed by atoms with Gasteiger partial charge in [-0.25, -0.2) is 0 Å². The Morgan fingerprint density at radius 3 is 3.00 bits per heavy atom. The van der Waals surface area contributed by atoms with Gasteiger partial charge in [0.15, 0.2) is 5.78 Å². The first kappa shape index (κ1) is 12.1. The zero-order valence-corrected chi connectivity index (χ0v) is 10.5. The third-order valence-corrected chi connectivity index (χ3v) is 4.18. The lowest BCUT2D eigenvalue weighted by atomic mass is 10.2. The van der Waals surface area contributed by atoms with Crippen LogP contribution in [0.2, 0.25) is 0 Å². The van der Waals surface area contributed by atoms with Gasteiger partial charge in [0, 0.05) is 12.3 Å². The fraction of sp³-hybridized carbons (Fsp3) is 0.500. The molecular formula is C10H13ClOS2. The first-order valence-corrected chi connectivity index (χ1v) is 6.93. The number of alkyl halides is 1. The Morgan fingerprint density at radius 2 is 2.36 bits per heavy atom. The van der Waals surface area contributed by atoms with E-state index in [-0.39, 0.29) is 5.78 Å². The van der Waals surface area contributed by atoms with Crippen LogP contribution in [0.5, 0.6) is 0 Å². The summed E-state index contributed by atoms with van der Waals surface area (Å²) in [7, 11) is 0. The molecule has 1 aromatic rings. The number of Topliss-reactive ketones (excluding diaryl/α,β-unsaturated/α-hetero) is 1. The van der Waals surface area contributed by atoms with E-state index >= 15 is 0 Å². The highest BCUT2D eigenvalue weighted by Gasteiger charge is 2.08. The first-order valence-electron chi connectivity index (χ1n) is 4.59. The molecule has 1 rings (SSSR count). The van der Waals surface area contributed by atoms with Crippen molar-refractivity contribution >= 4 is 40.5 Å². The molecule has 0 aliphatic rings. The Bertz CT molecular complexity index is 296. The minimum Gasteiger partial charge on any atom is -0.293 e. The van der Waals surface area contributed by atoms with Crippen LogP contribution in [0.3, 0.4) is 0 Å². The predicted molar refractivity (Wildman–Crippen MR) is 65.0 cm³/mol. The van der Waals surface area contributed by atoms with E-state index in [2.05, 4.69) is 6.92 Å². The third kappa shape index (κ3) is 3.64. The van der Waals surface area contributed by atoms with Crippen molar-refractivity contribution in [1.82, 2.24) is 0 Å². The molecule has 0 N–H and O–H groups in total. The van der Waals surface area contributed by atoms with E-state index in [4.69, 9.17) is 11.6 Å². The fourth-order valence-electron chi connectivity index (χ4n) is 1.04. The Kier molecular flexibility index (Phi) is 5.60. The van der Waals surface area contributed by atoms with Gasteiger partial charge in [-0.15, -0.1) is 34.7 Å². The van der Waals surface area contributed by atoms with Gasteiger partial charge in [0.2, 0.25) is 0 Å². The summed E-state index contributed by atoms with van der Waals surface area (Å²) < 4.78 is 1.22. The summed E-state index contributed by atoms with van der Waals surface area (Å²) in [4.78, 5) is 12.4. The van der Waals surface area contributed by atoms with Gasteiger partial charge in [0.1, 0.15) is 0 Å². The quantitative estimate of drug-likeness (QED) is 0.429. The van der Waals surface area contributed by atoms with Gasteiger partial charge in [-0.1, -0.05) is 6.92 Å². The van der Waals surface area contributed by atoms with E-state index in [9.17, 15) is 4.79 Å². The highest BCUT2D eigenvalue weighted by molar-refractivity contribution is 8.01. The summed E-state index contributed by atoms with van der Waals surface area (Å²) in [5.74, 6) is 1.84. The molecule has 4 heteroatoms. The topological polar surface area (TPSA) is 17.1 Å². The molecule has 0 fully saturated rings. The van der Waals surface area contributed by atoms with Gasteiger partial charge in [0.05, 0.1) is 9.09 Å². The number of carbonyl (C=O) groups is 1. The molecule has 0 aromatic carbocycles. The largest absolute Gasteiger partial charge is 0.293 e. The van der Waals surface area contributed by atoms with Gasteiger partial charge in [-0.3, -0.25) is 4.79 Å². The summed E-state index contributed by atoms with van der Waals surface area (Å²) in [6, 6.07) is 3.94. The van der Waals surface area contributed by atoms with Gasteiger partial charge in [0.25, 0.3) is 0 Å². The monoisotopic (exact) mass is 248 g/mol. The number of hydrogen-bond donors (Lipinski definition) is 0. The zero-order chi connectivity index (χ0) is 10.4. The van der Waals surface area contributed by atoms with Crippen molar-refractivity contribution in [3.05, 3.63) is 17.0 Å². The molecule has 1 nitrogen and oxygen atoms in total. The molecule has 0 spiro atoms. The number of thiophene rings is 1. The Labute approximate surface area is 97.8 Å². The number of hydrogen-bond acceptors (Lipinski definition) is 3. The maximum absolute atomic E-state index is 11.6. The van der Waals surface area contributed by atoms with Crippen molar-refractivity contribution < 1.29 is 4.79 Å². The highest BCUT2D eigenvalue weighted by atomic mass is 35.5. The SMILES string of the molecule is CCSc1ccc(C(=O)CCCCl)s1. The lowest BCUT2D eigenvalue weighted by Crippen LogP contribution is -1.95. The molecule has 0 saturated heterocycles. The fourth-order valence-corrected chi connectivity index (χ4v) is 3.19. The first-order chi connectivity index (χ1) is 6.77. The third-order valence-electron chi connectivity index (χ3n) is 1.68. The van der Waals surface area contributed by atoms with Crippen molar-refractivity contribution in [3.8, 4) is 0 Å². The van der Waals surface area contributed by atoms with Crippen LogP contribution < -0.4 is 0 Å². The molecule has 0 bridgehead atoms. The highest BCUT2D eigenvalue weighted by Crippen LogP contribution is 2.27. The second kappa shape index (κ2) is 6.49. The van der Waals surface area contributed by atoms with E-state index in [0.29, 0.717) is 12.3 Å². The molecule has 0 amide bonds. The Morgan fingerprint density at radius 1 is 1.57 bits per heavy atom. The Balaban J connectivity index is 2.53. The maximum atomic E-state index is 11.6. The van der Waals surface area contributed by atoms with Crippen LogP contribution in [0.1, 0.15) is 29.4 Å². The molecule has 0 saturated carbocycles. The van der Waals surface area contributed by atoms with Crippen molar-refractivity contribution in [2.75, 3.05) is 11.6 Å². The van der Waals surface area contributed by atoms with Crippen molar-refractivity contribution in [2.24, 2.45) is 0 Å². The van der Waals surface area contributed by atoms with Crippen LogP contribution in [0, 0.1) is 0 Å². The molecule has 1 aromatic heterocycles. The number of ketones is 1. The average molecular weight is 249 g/mol. The normalized spacial score (nSPS) is 10.4. The van der Waals surface area contributed by atoms with Crippen molar-refractivity contribution in [2.45, 2.75) is 24.0 Å². The summed E-state index contributed by atoms with van der Waals surface area (Å²) in [5, 5.41) is 0. The molecule has 0 aliphatic heterocycles. The predicted octanol–water partition coefficient (Wildman–Crippen LogP) is 4.06. The molecular weight excluding hydrogens is 236 g/mol. The van der Waals surface area contributed by atoms with Crippen LogP contribution in [-0.2, 0) is 0 Å². The molecule has 14 heavy (non-hydrogen) atoms. The van der Waals surface area contributed by atoms with E-state index < -0.39 is 0 Å². The number of rotatable bonds is 6. The lowest BCUT2D eigenvalue weighted by molar-refractivity contribution is 0.0986. The minimum absolute atomic E-state index is 0.221. The molecule has 0 unspecified atom stereocenters. The maximum Gasteiger partial charge on any atom is 0.172 e. The second-order valence-corrected chi connectivity index (χ2v) is 5.79. The number of halogens is 1. The molecule has 0 atom stereocenters. The van der Waals surface area contributed by atoms with Crippen LogP contribution in [-0.4, -0.2) is 17.4 Å². The number of carbonyl (C=O) groups excluding carboxylic acids is 1. The van der Waals surface area contributed by atoms with Crippen LogP contribution in [0.15, 0.2) is 16.3 Å². The second-order valence-electron chi connectivity index (χ2n) is 2.77. The van der Waals surface area contributed by atoms with Crippen LogP contribution in [0.25, 0.3) is 0 Å². The lowest BCUT2D eigenvalue weighted by Gasteiger charge is -1.94. The van der Waals surface area contributed by atoms with E-state index in [1.807, 2.05) is 12.1 Å². The van der Waals surface area contributed by atoms with E-state index in [1.165, 1.54) is 4.21 Å². The summed E-state index contributed by atoms with van der Waals surface area (Å²) in [6.07, 6.45) is 1.34. The number of thioether (sulfide) groups is 1. The summed E-state index contributed by atoms with van der Waals surface area (Å²) in [6.45, 7) is 2.11. The summed E-state index contributed by atoms with van der Waals surface area (Å²) in [5.41, 5.74) is 0. The van der Waals surface area contributed by atoms with Gasteiger partial charge >= 0.3 is 0 Å². The van der Waals surface area contributed by atoms with Crippen LogP contribution in [0.4, 0.5) is 0 Å². The zero-order valence-electron chi connectivity index (χ0n) is 8.09. The van der Waals surface area contributed by atoms with Crippen molar-refractivity contribution in [3.63, 3.8) is 0 Å². The van der Waals surface area contributed by atoms with Gasteiger partial charge < -0.3 is 0 Å². The van der Waals surface area contributed by atoms with Crippen LogP contribution >= 0.6 is 34.7 Å². The average Bonchev–Trinajstić information content (AvgIpc) is 2.63. The Hall–Kier alpha value is 0.01000. The smallest absolute Gasteiger partial charge is 0.172 e. The molecule has 0 radical (unpaired) electrons. The molecule has 78 valence electrons. The summed E-state index contributed by atoms with van der Waals surface area (Å²) >= 11 is 8.90. The molecule has 1 heterocycles.